The van der Waals surface area contributed by atoms with Crippen molar-refractivity contribution in [3.05, 3.63) is 10.6 Å². The van der Waals surface area contributed by atoms with Gasteiger partial charge in [-0.05, 0) is 31.7 Å². The van der Waals surface area contributed by atoms with Crippen molar-refractivity contribution >= 4 is 16.5 Å². The van der Waals surface area contributed by atoms with E-state index < -0.39 is 0 Å². The quantitative estimate of drug-likeness (QED) is 0.750. The number of anilines is 1. The van der Waals surface area contributed by atoms with Gasteiger partial charge >= 0.3 is 0 Å². The normalized spacial score (nSPS) is 15.1. The first-order valence-corrected chi connectivity index (χ1v) is 8.93. The summed E-state index contributed by atoms with van der Waals surface area (Å²) >= 11 is 1.91. The van der Waals surface area contributed by atoms with Crippen LogP contribution in [-0.2, 0) is 13.0 Å². The van der Waals surface area contributed by atoms with Crippen LogP contribution in [0.2, 0.25) is 0 Å². The van der Waals surface area contributed by atoms with Crippen LogP contribution in [0.15, 0.2) is 0 Å². The first-order chi connectivity index (χ1) is 9.65. The first kappa shape index (κ1) is 15.8. The predicted octanol–water partition coefficient (Wildman–Crippen LogP) is 3.83. The molecule has 1 N–H and O–H groups in total. The summed E-state index contributed by atoms with van der Waals surface area (Å²) in [6.45, 7) is 12.1. The Balaban J connectivity index is 2.16. The van der Waals surface area contributed by atoms with Crippen LogP contribution in [0.5, 0.6) is 0 Å². The summed E-state index contributed by atoms with van der Waals surface area (Å²) in [7, 11) is 0. The molecule has 114 valence electrons. The zero-order valence-electron chi connectivity index (χ0n) is 13.4. The van der Waals surface area contributed by atoms with Gasteiger partial charge < -0.3 is 10.2 Å². The molecular weight excluding hydrogens is 266 g/mol. The molecular formula is C16H29N3S. The Bertz CT molecular complexity index is 410. The maximum absolute atomic E-state index is 4.97. The Morgan fingerprint density at radius 1 is 1.35 bits per heavy atom. The smallest absolute Gasteiger partial charge is 0.186 e. The third kappa shape index (κ3) is 4.19. The second-order valence-corrected chi connectivity index (χ2v) is 7.24. The minimum atomic E-state index is 0.700. The molecule has 0 bridgehead atoms. The number of aryl methyl sites for hydroxylation is 1. The number of aromatic nitrogens is 1. The third-order valence-corrected chi connectivity index (χ3v) is 4.72. The van der Waals surface area contributed by atoms with E-state index >= 15 is 0 Å². The fraction of sp³-hybridized carbons (Fsp3) is 0.812. The number of rotatable bonds is 9. The number of hydrogen-bond acceptors (Lipinski definition) is 4. The van der Waals surface area contributed by atoms with Crippen LogP contribution in [0.25, 0.3) is 0 Å². The molecule has 1 heterocycles. The topological polar surface area (TPSA) is 28.2 Å². The van der Waals surface area contributed by atoms with E-state index in [1.165, 1.54) is 35.0 Å². The Hall–Kier alpha value is -0.610. The van der Waals surface area contributed by atoms with Crippen LogP contribution < -0.4 is 10.2 Å². The van der Waals surface area contributed by atoms with Gasteiger partial charge in [-0.1, -0.05) is 34.1 Å². The molecule has 3 nitrogen and oxygen atoms in total. The second-order valence-electron chi connectivity index (χ2n) is 6.17. The van der Waals surface area contributed by atoms with Crippen molar-refractivity contribution in [3.63, 3.8) is 0 Å². The highest BCUT2D eigenvalue weighted by Gasteiger charge is 2.31. The maximum atomic E-state index is 4.97. The summed E-state index contributed by atoms with van der Waals surface area (Å²) < 4.78 is 0. The van der Waals surface area contributed by atoms with Crippen molar-refractivity contribution in [2.24, 2.45) is 5.92 Å². The monoisotopic (exact) mass is 295 g/mol. The van der Waals surface area contributed by atoms with E-state index in [-0.39, 0.29) is 0 Å². The molecule has 0 spiro atoms. The predicted molar refractivity (Wildman–Crippen MR) is 88.7 cm³/mol. The van der Waals surface area contributed by atoms with Crippen LogP contribution in [0.4, 0.5) is 5.13 Å². The van der Waals surface area contributed by atoms with Gasteiger partial charge in [0.2, 0.25) is 0 Å². The summed E-state index contributed by atoms with van der Waals surface area (Å²) in [5.41, 5.74) is 1.32. The summed E-state index contributed by atoms with van der Waals surface area (Å²) in [4.78, 5) is 8.97. The highest BCUT2D eigenvalue weighted by atomic mass is 32.1. The standard InChI is InChI=1S/C16H29N3S/c1-5-7-14-15(10-17-6-2)20-16(18-14)19(11-12(3)4)13-8-9-13/h12-13,17H,5-11H2,1-4H3. The van der Waals surface area contributed by atoms with Crippen LogP contribution in [-0.4, -0.2) is 24.1 Å². The minimum absolute atomic E-state index is 0.700. The lowest BCUT2D eigenvalue weighted by atomic mass is 10.2. The van der Waals surface area contributed by atoms with E-state index in [9.17, 15) is 0 Å². The second kappa shape index (κ2) is 7.41. The number of thiazole rings is 1. The van der Waals surface area contributed by atoms with Crippen LogP contribution in [0.1, 0.15) is 57.5 Å². The Morgan fingerprint density at radius 3 is 2.65 bits per heavy atom. The van der Waals surface area contributed by atoms with Crippen molar-refractivity contribution in [2.75, 3.05) is 18.0 Å². The molecule has 1 aliphatic rings. The number of hydrogen-bond donors (Lipinski definition) is 1. The Morgan fingerprint density at radius 2 is 2.10 bits per heavy atom. The van der Waals surface area contributed by atoms with E-state index in [0.717, 1.165) is 32.1 Å². The van der Waals surface area contributed by atoms with Crippen LogP contribution in [0, 0.1) is 5.92 Å². The lowest BCUT2D eigenvalue weighted by Crippen LogP contribution is -2.29. The molecule has 0 atom stereocenters. The molecule has 0 saturated heterocycles. The first-order valence-electron chi connectivity index (χ1n) is 8.11. The molecule has 1 aromatic heterocycles. The van der Waals surface area contributed by atoms with E-state index in [0.29, 0.717) is 5.92 Å². The largest absolute Gasteiger partial charge is 0.345 e. The Labute approximate surface area is 127 Å². The maximum Gasteiger partial charge on any atom is 0.186 e. The molecule has 1 aromatic rings. The SMILES string of the molecule is CCCc1nc(N(CC(C)C)C2CC2)sc1CNCC. The van der Waals surface area contributed by atoms with Crippen molar-refractivity contribution < 1.29 is 0 Å². The number of nitrogens with one attached hydrogen (secondary N) is 1. The molecule has 0 aliphatic heterocycles. The molecule has 0 radical (unpaired) electrons. The lowest BCUT2D eigenvalue weighted by Gasteiger charge is -2.23. The van der Waals surface area contributed by atoms with Gasteiger partial charge in [0.1, 0.15) is 0 Å². The molecule has 2 rings (SSSR count). The van der Waals surface area contributed by atoms with Gasteiger partial charge in [-0.25, -0.2) is 4.98 Å². The van der Waals surface area contributed by atoms with Gasteiger partial charge in [0.15, 0.2) is 5.13 Å². The zero-order chi connectivity index (χ0) is 14.5. The zero-order valence-corrected chi connectivity index (χ0v) is 14.2. The summed E-state index contributed by atoms with van der Waals surface area (Å²) in [5, 5.41) is 4.71. The van der Waals surface area contributed by atoms with Gasteiger partial charge in [0, 0.05) is 24.0 Å². The van der Waals surface area contributed by atoms with Crippen molar-refractivity contribution in [1.82, 2.24) is 10.3 Å². The van der Waals surface area contributed by atoms with Crippen LogP contribution in [0.3, 0.4) is 0 Å². The van der Waals surface area contributed by atoms with Gasteiger partial charge in [-0.15, -0.1) is 11.3 Å². The summed E-state index contributed by atoms with van der Waals surface area (Å²) in [6.07, 6.45) is 4.98. The van der Waals surface area contributed by atoms with Crippen molar-refractivity contribution in [1.29, 1.82) is 0 Å². The van der Waals surface area contributed by atoms with E-state index in [1.54, 1.807) is 0 Å². The van der Waals surface area contributed by atoms with Gasteiger partial charge in [-0.2, -0.15) is 0 Å². The molecule has 4 heteroatoms. The van der Waals surface area contributed by atoms with Crippen molar-refractivity contribution in [3.8, 4) is 0 Å². The fourth-order valence-electron chi connectivity index (χ4n) is 2.46. The third-order valence-electron chi connectivity index (χ3n) is 3.58. The van der Waals surface area contributed by atoms with Crippen molar-refractivity contribution in [2.45, 2.75) is 66.0 Å². The van der Waals surface area contributed by atoms with E-state index in [4.69, 9.17) is 4.98 Å². The Kier molecular flexibility index (Phi) is 5.85. The summed E-state index contributed by atoms with van der Waals surface area (Å²) in [5.74, 6) is 0.700. The fourth-order valence-corrected chi connectivity index (χ4v) is 3.62. The van der Waals surface area contributed by atoms with Gasteiger partial charge in [0.25, 0.3) is 0 Å². The van der Waals surface area contributed by atoms with E-state index in [2.05, 4.69) is 37.9 Å². The molecule has 0 aromatic carbocycles. The van der Waals surface area contributed by atoms with Crippen LogP contribution >= 0.6 is 11.3 Å². The average molecular weight is 295 g/mol. The summed E-state index contributed by atoms with van der Waals surface area (Å²) in [6, 6.07) is 0.755. The molecule has 1 aliphatic carbocycles. The minimum Gasteiger partial charge on any atom is -0.345 e. The molecule has 0 amide bonds. The van der Waals surface area contributed by atoms with Gasteiger partial charge in [-0.3, -0.25) is 0 Å². The number of nitrogens with zero attached hydrogens (tertiary/aromatic N) is 2. The average Bonchev–Trinajstić information content (AvgIpc) is 3.16. The van der Waals surface area contributed by atoms with Gasteiger partial charge in [0.05, 0.1) is 5.69 Å². The molecule has 0 unspecified atom stereocenters. The molecule has 1 fully saturated rings. The molecule has 1 saturated carbocycles. The highest BCUT2D eigenvalue weighted by molar-refractivity contribution is 7.15. The lowest BCUT2D eigenvalue weighted by molar-refractivity contribution is 0.605. The van der Waals surface area contributed by atoms with E-state index in [1.807, 2.05) is 11.3 Å². The molecule has 20 heavy (non-hydrogen) atoms. The highest BCUT2D eigenvalue weighted by Crippen LogP contribution is 2.36.